The lowest BCUT2D eigenvalue weighted by Crippen LogP contribution is -2.36. The Hall–Kier alpha value is -3.29. The SMILES string of the molecule is O=C1O[C@H](COS(=O)(=O)c2cccc([N+](=O)[O-])c2)CN1c1ccc(N2CCOCC2)c(F)c1. The van der Waals surface area contributed by atoms with E-state index in [-0.39, 0.29) is 12.2 Å². The number of anilines is 2. The van der Waals surface area contributed by atoms with Crippen LogP contribution >= 0.6 is 0 Å². The van der Waals surface area contributed by atoms with Crippen LogP contribution in [0, 0.1) is 15.9 Å². The summed E-state index contributed by atoms with van der Waals surface area (Å²) in [7, 11) is -4.32. The topological polar surface area (TPSA) is 129 Å². The Labute approximate surface area is 188 Å². The van der Waals surface area contributed by atoms with Crippen LogP contribution in [0.25, 0.3) is 0 Å². The van der Waals surface area contributed by atoms with E-state index in [1.807, 2.05) is 4.90 Å². The monoisotopic (exact) mass is 481 g/mol. The van der Waals surface area contributed by atoms with E-state index >= 15 is 0 Å². The molecule has 0 unspecified atom stereocenters. The molecular weight excluding hydrogens is 461 g/mol. The number of amides is 1. The maximum absolute atomic E-state index is 14.7. The molecule has 0 aliphatic carbocycles. The van der Waals surface area contributed by atoms with Gasteiger partial charge in [0.05, 0.1) is 36.1 Å². The number of non-ortho nitro benzene ring substituents is 1. The van der Waals surface area contributed by atoms with Crippen molar-refractivity contribution in [1.82, 2.24) is 0 Å². The number of ether oxygens (including phenoxy) is 2. The number of cyclic esters (lactones) is 1. The predicted molar refractivity (Wildman–Crippen MR) is 113 cm³/mol. The zero-order valence-corrected chi connectivity index (χ0v) is 18.1. The lowest BCUT2D eigenvalue weighted by Gasteiger charge is -2.29. The Morgan fingerprint density at radius 1 is 1.18 bits per heavy atom. The molecule has 2 heterocycles. The number of halogens is 1. The van der Waals surface area contributed by atoms with Gasteiger partial charge in [-0.05, 0) is 24.3 Å². The molecule has 2 aliphatic heterocycles. The Kier molecular flexibility index (Phi) is 6.44. The van der Waals surface area contributed by atoms with Gasteiger partial charge >= 0.3 is 6.09 Å². The standard InChI is InChI=1S/C20H20FN3O8S/c21-18-11-14(4-5-19(18)22-6-8-30-9-7-22)23-12-16(32-20(23)25)13-31-33(28,29)17-3-1-2-15(10-17)24(26)27/h1-5,10-11,16H,6-9,12-13H2/t16-/m0/s1. The summed E-state index contributed by atoms with van der Waals surface area (Å²) in [5.74, 6) is -0.504. The molecular formula is C20H20FN3O8S. The molecule has 0 aromatic heterocycles. The molecule has 2 aromatic carbocycles. The van der Waals surface area contributed by atoms with Crippen LogP contribution in [0.3, 0.4) is 0 Å². The number of hydrogen-bond acceptors (Lipinski definition) is 9. The highest BCUT2D eigenvalue weighted by molar-refractivity contribution is 7.86. The fourth-order valence-electron chi connectivity index (χ4n) is 3.53. The number of nitrogens with zero attached hydrogens (tertiary/aromatic N) is 3. The first kappa shape index (κ1) is 22.9. The molecule has 13 heteroatoms. The molecule has 2 fully saturated rings. The normalized spacial score (nSPS) is 18.9. The summed E-state index contributed by atoms with van der Waals surface area (Å²) in [6, 6.07) is 8.78. The number of rotatable bonds is 7. The molecule has 33 heavy (non-hydrogen) atoms. The third kappa shape index (κ3) is 5.05. The minimum Gasteiger partial charge on any atom is -0.441 e. The van der Waals surface area contributed by atoms with Gasteiger partial charge in [-0.15, -0.1) is 0 Å². The second-order valence-corrected chi connectivity index (χ2v) is 8.96. The van der Waals surface area contributed by atoms with Crippen molar-refractivity contribution in [2.45, 2.75) is 11.0 Å². The van der Waals surface area contributed by atoms with E-state index in [9.17, 15) is 27.7 Å². The van der Waals surface area contributed by atoms with Gasteiger partial charge in [-0.2, -0.15) is 8.42 Å². The fraction of sp³-hybridized carbons (Fsp3) is 0.350. The fourth-order valence-corrected chi connectivity index (χ4v) is 4.51. The van der Waals surface area contributed by atoms with Crippen molar-refractivity contribution in [3.63, 3.8) is 0 Å². The summed E-state index contributed by atoms with van der Waals surface area (Å²) in [6.07, 6.45) is -1.71. The largest absolute Gasteiger partial charge is 0.441 e. The zero-order valence-electron chi connectivity index (χ0n) is 17.3. The van der Waals surface area contributed by atoms with E-state index in [1.165, 1.54) is 17.0 Å². The number of benzene rings is 2. The smallest absolute Gasteiger partial charge is 0.414 e. The van der Waals surface area contributed by atoms with E-state index in [0.29, 0.717) is 32.0 Å². The number of nitro benzene ring substituents is 1. The Morgan fingerprint density at radius 3 is 2.64 bits per heavy atom. The van der Waals surface area contributed by atoms with Crippen molar-refractivity contribution in [1.29, 1.82) is 0 Å². The molecule has 0 N–H and O–H groups in total. The van der Waals surface area contributed by atoms with Gasteiger partial charge in [0.25, 0.3) is 15.8 Å². The summed E-state index contributed by atoms with van der Waals surface area (Å²) in [5, 5.41) is 10.9. The highest BCUT2D eigenvalue weighted by Crippen LogP contribution is 2.29. The minimum absolute atomic E-state index is 0.0559. The van der Waals surface area contributed by atoms with E-state index in [2.05, 4.69) is 0 Å². The van der Waals surface area contributed by atoms with Crippen molar-refractivity contribution in [3.8, 4) is 0 Å². The quantitative estimate of drug-likeness (QED) is 0.332. The molecule has 2 aliphatic rings. The molecule has 0 bridgehead atoms. The van der Waals surface area contributed by atoms with Crippen LogP contribution in [0.4, 0.5) is 26.2 Å². The van der Waals surface area contributed by atoms with E-state index < -0.39 is 50.2 Å². The van der Waals surface area contributed by atoms with Crippen LogP contribution < -0.4 is 9.80 Å². The summed E-state index contributed by atoms with van der Waals surface area (Å²) in [5.41, 5.74) is 0.261. The number of carbonyl (C=O) groups excluding carboxylic acids is 1. The highest BCUT2D eigenvalue weighted by atomic mass is 32.2. The second kappa shape index (κ2) is 9.29. The third-order valence-electron chi connectivity index (χ3n) is 5.19. The highest BCUT2D eigenvalue weighted by Gasteiger charge is 2.34. The minimum atomic E-state index is -4.32. The third-order valence-corrected chi connectivity index (χ3v) is 6.47. The lowest BCUT2D eigenvalue weighted by atomic mass is 10.2. The first-order valence-electron chi connectivity index (χ1n) is 9.99. The van der Waals surface area contributed by atoms with Gasteiger partial charge in [0.2, 0.25) is 0 Å². The van der Waals surface area contributed by atoms with Crippen LogP contribution in [0.2, 0.25) is 0 Å². The Morgan fingerprint density at radius 2 is 1.94 bits per heavy atom. The van der Waals surface area contributed by atoms with E-state index in [4.69, 9.17) is 13.7 Å². The van der Waals surface area contributed by atoms with Gasteiger partial charge in [-0.3, -0.25) is 19.2 Å². The molecule has 4 rings (SSSR count). The van der Waals surface area contributed by atoms with Crippen LogP contribution in [0.1, 0.15) is 0 Å². The van der Waals surface area contributed by atoms with E-state index in [0.717, 1.165) is 18.2 Å². The van der Waals surface area contributed by atoms with Gasteiger partial charge in [0, 0.05) is 25.2 Å². The lowest BCUT2D eigenvalue weighted by molar-refractivity contribution is -0.385. The van der Waals surface area contributed by atoms with Gasteiger partial charge < -0.3 is 14.4 Å². The molecule has 0 saturated carbocycles. The molecule has 2 saturated heterocycles. The Balaban J connectivity index is 1.41. The van der Waals surface area contributed by atoms with Crippen LogP contribution in [0.5, 0.6) is 0 Å². The maximum atomic E-state index is 14.7. The average molecular weight is 481 g/mol. The summed E-state index contributed by atoms with van der Waals surface area (Å²) >= 11 is 0. The van der Waals surface area contributed by atoms with Gasteiger partial charge in [0.15, 0.2) is 0 Å². The van der Waals surface area contributed by atoms with Gasteiger partial charge in [-0.25, -0.2) is 9.18 Å². The van der Waals surface area contributed by atoms with Crippen LogP contribution in [-0.4, -0.2) is 65.0 Å². The van der Waals surface area contributed by atoms with Crippen LogP contribution in [-0.2, 0) is 23.8 Å². The van der Waals surface area contributed by atoms with Crippen molar-refractivity contribution in [3.05, 3.63) is 58.4 Å². The number of nitro groups is 1. The van der Waals surface area contributed by atoms with Gasteiger partial charge in [-0.1, -0.05) is 6.07 Å². The van der Waals surface area contributed by atoms with Crippen molar-refractivity contribution in [2.75, 3.05) is 49.3 Å². The van der Waals surface area contributed by atoms with E-state index in [1.54, 1.807) is 12.1 Å². The second-order valence-electron chi connectivity index (χ2n) is 7.34. The van der Waals surface area contributed by atoms with Crippen molar-refractivity contribution in [2.24, 2.45) is 0 Å². The average Bonchev–Trinajstić information content (AvgIpc) is 3.19. The molecule has 176 valence electrons. The summed E-state index contributed by atoms with van der Waals surface area (Å²) in [4.78, 5) is 25.0. The first-order chi connectivity index (χ1) is 15.7. The van der Waals surface area contributed by atoms with Crippen LogP contribution in [0.15, 0.2) is 47.4 Å². The van der Waals surface area contributed by atoms with Gasteiger partial charge in [0.1, 0.15) is 23.4 Å². The molecule has 0 radical (unpaired) electrons. The van der Waals surface area contributed by atoms with Crippen molar-refractivity contribution < 1.29 is 36.2 Å². The zero-order chi connectivity index (χ0) is 23.6. The molecule has 1 atom stereocenters. The molecule has 0 spiro atoms. The Bertz CT molecular complexity index is 1170. The number of carbonyl (C=O) groups is 1. The summed E-state index contributed by atoms with van der Waals surface area (Å²) in [6.45, 7) is 1.56. The van der Waals surface area contributed by atoms with Crippen molar-refractivity contribution >= 4 is 33.3 Å². The summed E-state index contributed by atoms with van der Waals surface area (Å²) < 4.78 is 54.8. The maximum Gasteiger partial charge on any atom is 0.414 e. The first-order valence-corrected chi connectivity index (χ1v) is 11.4. The number of hydrogen-bond donors (Lipinski definition) is 0. The predicted octanol–water partition coefficient (Wildman–Crippen LogP) is 2.30. The molecule has 11 nitrogen and oxygen atoms in total. The number of morpholine rings is 1. The molecule has 2 aromatic rings. The molecule has 1 amide bonds.